The van der Waals surface area contributed by atoms with E-state index in [9.17, 15) is 4.79 Å². The summed E-state index contributed by atoms with van der Waals surface area (Å²) in [7, 11) is 0. The monoisotopic (exact) mass is 485 g/mol. The summed E-state index contributed by atoms with van der Waals surface area (Å²) >= 11 is 0. The number of unbranched alkanes of at least 4 members (excludes halogenated alkanes) is 11. The molecule has 0 saturated heterocycles. The number of hydrogen-bond donors (Lipinski definition) is 5. The fourth-order valence-electron chi connectivity index (χ4n) is 4.22. The molecule has 0 aliphatic carbocycles. The minimum atomic E-state index is -0.670. The lowest BCUT2D eigenvalue weighted by molar-refractivity contribution is -0.137. The lowest BCUT2D eigenvalue weighted by Gasteiger charge is -2.22. The summed E-state index contributed by atoms with van der Waals surface area (Å²) in [4.78, 5) is 13.3. The van der Waals surface area contributed by atoms with Gasteiger partial charge in [-0.05, 0) is 123 Å². The Hall–Kier alpha value is -0.730. The molecule has 0 saturated carbocycles. The molecule has 0 amide bonds. The Balaban J connectivity index is 3.85. The van der Waals surface area contributed by atoms with Crippen LogP contribution in [-0.4, -0.2) is 74.9 Å². The lowest BCUT2D eigenvalue weighted by atomic mass is 10.1. The standard InChI is InChI=1S/C27H59N5O2/c28-18-8-3-10-20-30-22-12-5-15-25-32(24-14-2-1-7-17-27(33)34)26-16-6-13-23-31-21-11-4-9-19-29/h30-31H,1-26,28-29H2,(H,33,34). The van der Waals surface area contributed by atoms with Crippen molar-refractivity contribution in [1.29, 1.82) is 0 Å². The summed E-state index contributed by atoms with van der Waals surface area (Å²) in [6, 6.07) is 0. The molecule has 0 radical (unpaired) electrons. The van der Waals surface area contributed by atoms with Crippen LogP contribution < -0.4 is 22.1 Å². The Morgan fingerprint density at radius 1 is 0.529 bits per heavy atom. The molecule has 34 heavy (non-hydrogen) atoms. The first-order chi connectivity index (χ1) is 16.7. The van der Waals surface area contributed by atoms with Crippen LogP contribution in [0, 0.1) is 0 Å². The first-order valence-electron chi connectivity index (χ1n) is 14.5. The van der Waals surface area contributed by atoms with E-state index in [2.05, 4.69) is 15.5 Å². The molecule has 0 heterocycles. The third kappa shape index (κ3) is 27.5. The van der Waals surface area contributed by atoms with E-state index < -0.39 is 5.97 Å². The fraction of sp³-hybridized carbons (Fsp3) is 0.963. The van der Waals surface area contributed by atoms with Crippen molar-refractivity contribution in [3.63, 3.8) is 0 Å². The zero-order valence-corrected chi connectivity index (χ0v) is 22.3. The molecule has 7 heteroatoms. The van der Waals surface area contributed by atoms with Gasteiger partial charge in [0.2, 0.25) is 0 Å². The Labute approximate surface area is 211 Å². The SMILES string of the molecule is NCCCCCNCCCCCN(CCCCCCC(=O)O)CCCCCNCCCCCN. The lowest BCUT2D eigenvalue weighted by Crippen LogP contribution is -2.27. The Morgan fingerprint density at radius 3 is 1.26 bits per heavy atom. The zero-order valence-electron chi connectivity index (χ0n) is 22.3. The first-order valence-corrected chi connectivity index (χ1v) is 14.5. The van der Waals surface area contributed by atoms with Crippen LogP contribution in [0.1, 0.15) is 109 Å². The minimum absolute atomic E-state index is 0.311. The third-order valence-electron chi connectivity index (χ3n) is 6.39. The molecule has 7 nitrogen and oxygen atoms in total. The molecule has 204 valence electrons. The van der Waals surface area contributed by atoms with Crippen LogP contribution in [0.2, 0.25) is 0 Å². The van der Waals surface area contributed by atoms with Crippen molar-refractivity contribution >= 4 is 5.97 Å². The van der Waals surface area contributed by atoms with Crippen molar-refractivity contribution in [3.05, 3.63) is 0 Å². The molecular weight excluding hydrogens is 426 g/mol. The van der Waals surface area contributed by atoms with Crippen LogP contribution >= 0.6 is 0 Å². The number of nitrogens with one attached hydrogen (secondary N) is 2. The van der Waals surface area contributed by atoms with E-state index in [1.54, 1.807) is 0 Å². The maximum atomic E-state index is 10.7. The van der Waals surface area contributed by atoms with Crippen molar-refractivity contribution in [3.8, 4) is 0 Å². The molecule has 0 aromatic heterocycles. The van der Waals surface area contributed by atoms with E-state index in [-0.39, 0.29) is 0 Å². The third-order valence-corrected chi connectivity index (χ3v) is 6.39. The highest BCUT2D eigenvalue weighted by Gasteiger charge is 2.05. The van der Waals surface area contributed by atoms with E-state index >= 15 is 0 Å². The number of nitrogens with zero attached hydrogens (tertiary/aromatic N) is 1. The summed E-state index contributed by atoms with van der Waals surface area (Å²) in [5, 5.41) is 15.9. The van der Waals surface area contributed by atoms with Gasteiger partial charge < -0.3 is 32.1 Å². The second kappa shape index (κ2) is 28.5. The number of nitrogens with two attached hydrogens (primary N) is 2. The van der Waals surface area contributed by atoms with Crippen LogP contribution in [0.3, 0.4) is 0 Å². The fourth-order valence-corrected chi connectivity index (χ4v) is 4.22. The molecule has 0 fully saturated rings. The van der Waals surface area contributed by atoms with Gasteiger partial charge >= 0.3 is 5.97 Å². The number of rotatable bonds is 29. The zero-order chi connectivity index (χ0) is 25.0. The van der Waals surface area contributed by atoms with Gasteiger partial charge in [-0.15, -0.1) is 0 Å². The predicted octanol–water partition coefficient (Wildman–Crippen LogP) is 4.10. The maximum absolute atomic E-state index is 10.7. The second-order valence-corrected chi connectivity index (χ2v) is 9.72. The topological polar surface area (TPSA) is 117 Å². The van der Waals surface area contributed by atoms with Crippen LogP contribution in [0.5, 0.6) is 0 Å². The van der Waals surface area contributed by atoms with Gasteiger partial charge in [0.1, 0.15) is 0 Å². The Morgan fingerprint density at radius 2 is 0.882 bits per heavy atom. The van der Waals surface area contributed by atoms with Crippen molar-refractivity contribution in [2.75, 3.05) is 58.9 Å². The van der Waals surface area contributed by atoms with Crippen molar-refractivity contribution < 1.29 is 9.90 Å². The molecule has 0 aromatic carbocycles. The molecule has 0 aliphatic heterocycles. The normalized spacial score (nSPS) is 11.5. The van der Waals surface area contributed by atoms with E-state index in [4.69, 9.17) is 16.6 Å². The molecule has 0 rings (SSSR count). The van der Waals surface area contributed by atoms with E-state index in [1.165, 1.54) is 83.7 Å². The second-order valence-electron chi connectivity index (χ2n) is 9.72. The van der Waals surface area contributed by atoms with Crippen LogP contribution in [0.4, 0.5) is 0 Å². The van der Waals surface area contributed by atoms with Crippen molar-refractivity contribution in [2.45, 2.75) is 109 Å². The van der Waals surface area contributed by atoms with Gasteiger partial charge in [-0.3, -0.25) is 4.79 Å². The van der Waals surface area contributed by atoms with Gasteiger partial charge in [-0.2, -0.15) is 0 Å². The van der Waals surface area contributed by atoms with Crippen LogP contribution in [-0.2, 0) is 4.79 Å². The molecule has 0 bridgehead atoms. The van der Waals surface area contributed by atoms with E-state index in [1.807, 2.05) is 0 Å². The predicted molar refractivity (Wildman–Crippen MR) is 146 cm³/mol. The van der Waals surface area contributed by atoms with E-state index in [0.717, 1.165) is 77.9 Å². The largest absolute Gasteiger partial charge is 0.481 e. The van der Waals surface area contributed by atoms with Crippen LogP contribution in [0.15, 0.2) is 0 Å². The quantitative estimate of drug-likeness (QED) is 0.101. The minimum Gasteiger partial charge on any atom is -0.481 e. The molecule has 0 unspecified atom stereocenters. The summed E-state index contributed by atoms with van der Waals surface area (Å²) in [5.41, 5.74) is 11.1. The van der Waals surface area contributed by atoms with E-state index in [0.29, 0.717) is 6.42 Å². The van der Waals surface area contributed by atoms with Gasteiger partial charge in [0.15, 0.2) is 0 Å². The van der Waals surface area contributed by atoms with Gasteiger partial charge in [0, 0.05) is 6.42 Å². The molecule has 7 N–H and O–H groups in total. The molecular formula is C27H59N5O2. The summed E-state index contributed by atoms with van der Waals surface area (Å²) < 4.78 is 0. The Kier molecular flexibility index (Phi) is 27.9. The number of carboxylic acid groups (broad SMARTS) is 1. The molecule has 0 atom stereocenters. The average molecular weight is 486 g/mol. The van der Waals surface area contributed by atoms with Gasteiger partial charge in [-0.1, -0.05) is 38.5 Å². The highest BCUT2D eigenvalue weighted by atomic mass is 16.4. The van der Waals surface area contributed by atoms with Crippen LogP contribution in [0.25, 0.3) is 0 Å². The summed E-state index contributed by atoms with van der Waals surface area (Å²) in [6.07, 6.45) is 19.4. The highest BCUT2D eigenvalue weighted by Crippen LogP contribution is 2.08. The van der Waals surface area contributed by atoms with Gasteiger partial charge in [0.25, 0.3) is 0 Å². The van der Waals surface area contributed by atoms with Crippen molar-refractivity contribution in [1.82, 2.24) is 15.5 Å². The summed E-state index contributed by atoms with van der Waals surface area (Å²) in [5.74, 6) is -0.670. The number of aliphatic carboxylic acids is 1. The molecule has 0 aliphatic rings. The summed E-state index contributed by atoms with van der Waals surface area (Å²) in [6.45, 7) is 9.68. The van der Waals surface area contributed by atoms with Crippen molar-refractivity contribution in [2.24, 2.45) is 11.5 Å². The molecule has 0 spiro atoms. The average Bonchev–Trinajstić information content (AvgIpc) is 2.82. The maximum Gasteiger partial charge on any atom is 0.303 e. The van der Waals surface area contributed by atoms with Gasteiger partial charge in [-0.25, -0.2) is 0 Å². The van der Waals surface area contributed by atoms with Gasteiger partial charge in [0.05, 0.1) is 0 Å². The number of carboxylic acids is 1. The molecule has 0 aromatic rings. The number of hydrogen-bond acceptors (Lipinski definition) is 6. The highest BCUT2D eigenvalue weighted by molar-refractivity contribution is 5.66. The smallest absolute Gasteiger partial charge is 0.303 e. The first kappa shape index (κ1) is 33.3. The number of carbonyl (C=O) groups is 1. The Bertz CT molecular complexity index is 388.